The molecule has 1 aliphatic heterocycles. The SMILES string of the molecule is CCNc1cncc(N2CCCC2C2CCCC2)n1. The van der Waals surface area contributed by atoms with E-state index in [1.165, 1.54) is 38.5 Å². The predicted molar refractivity (Wildman–Crippen MR) is 78.5 cm³/mol. The number of hydrogen-bond acceptors (Lipinski definition) is 4. The first-order valence-corrected chi connectivity index (χ1v) is 7.71. The Hall–Kier alpha value is -1.32. The number of nitrogens with one attached hydrogen (secondary N) is 1. The lowest BCUT2D eigenvalue weighted by atomic mass is 9.96. The fourth-order valence-corrected chi connectivity index (χ4v) is 3.67. The summed E-state index contributed by atoms with van der Waals surface area (Å²) in [6, 6.07) is 0.702. The Labute approximate surface area is 115 Å². The first-order valence-electron chi connectivity index (χ1n) is 7.71. The molecule has 0 aromatic carbocycles. The Balaban J connectivity index is 1.77. The molecule has 1 aromatic rings. The van der Waals surface area contributed by atoms with Gasteiger partial charge in [-0.1, -0.05) is 12.8 Å². The summed E-state index contributed by atoms with van der Waals surface area (Å²) in [5, 5.41) is 3.26. The Bertz CT molecular complexity index is 414. The number of hydrogen-bond donors (Lipinski definition) is 1. The summed E-state index contributed by atoms with van der Waals surface area (Å²) in [6.45, 7) is 4.13. The number of anilines is 2. The lowest BCUT2D eigenvalue weighted by molar-refractivity contribution is 0.429. The molecule has 1 saturated carbocycles. The minimum Gasteiger partial charge on any atom is -0.369 e. The average Bonchev–Trinajstić information content (AvgIpc) is 3.10. The highest BCUT2D eigenvalue weighted by Gasteiger charge is 2.34. The van der Waals surface area contributed by atoms with E-state index in [1.807, 2.05) is 12.4 Å². The zero-order valence-corrected chi connectivity index (χ0v) is 11.8. The third-order valence-corrected chi connectivity index (χ3v) is 4.52. The van der Waals surface area contributed by atoms with Gasteiger partial charge in [-0.05, 0) is 38.5 Å². The van der Waals surface area contributed by atoms with Crippen LogP contribution in [0.15, 0.2) is 12.4 Å². The molecule has 2 heterocycles. The second kappa shape index (κ2) is 5.76. The van der Waals surface area contributed by atoms with Crippen LogP contribution in [0.3, 0.4) is 0 Å². The van der Waals surface area contributed by atoms with Crippen molar-refractivity contribution >= 4 is 11.6 Å². The van der Waals surface area contributed by atoms with Crippen molar-refractivity contribution in [2.24, 2.45) is 5.92 Å². The van der Waals surface area contributed by atoms with Crippen LogP contribution in [-0.2, 0) is 0 Å². The van der Waals surface area contributed by atoms with Crippen molar-refractivity contribution < 1.29 is 0 Å². The summed E-state index contributed by atoms with van der Waals surface area (Å²) in [6.07, 6.45) is 12.0. The Morgan fingerprint density at radius 3 is 2.84 bits per heavy atom. The van der Waals surface area contributed by atoms with E-state index in [9.17, 15) is 0 Å². The molecule has 1 aliphatic carbocycles. The zero-order valence-electron chi connectivity index (χ0n) is 11.8. The van der Waals surface area contributed by atoms with E-state index < -0.39 is 0 Å². The van der Waals surface area contributed by atoms with Crippen molar-refractivity contribution in [3.63, 3.8) is 0 Å². The molecule has 2 fully saturated rings. The van der Waals surface area contributed by atoms with Gasteiger partial charge >= 0.3 is 0 Å². The van der Waals surface area contributed by atoms with Crippen molar-refractivity contribution in [3.8, 4) is 0 Å². The normalized spacial score (nSPS) is 24.1. The van der Waals surface area contributed by atoms with Crippen molar-refractivity contribution in [2.45, 2.75) is 51.5 Å². The van der Waals surface area contributed by atoms with Gasteiger partial charge in [0.15, 0.2) is 0 Å². The number of nitrogens with zero attached hydrogens (tertiary/aromatic N) is 3. The van der Waals surface area contributed by atoms with E-state index in [-0.39, 0.29) is 0 Å². The summed E-state index contributed by atoms with van der Waals surface area (Å²) in [7, 11) is 0. The Morgan fingerprint density at radius 2 is 2.05 bits per heavy atom. The molecule has 2 aliphatic rings. The van der Waals surface area contributed by atoms with Gasteiger partial charge in [-0.25, -0.2) is 4.98 Å². The van der Waals surface area contributed by atoms with E-state index >= 15 is 0 Å². The smallest absolute Gasteiger partial charge is 0.149 e. The van der Waals surface area contributed by atoms with Crippen LogP contribution in [-0.4, -0.2) is 29.1 Å². The van der Waals surface area contributed by atoms with Crippen LogP contribution in [0.1, 0.15) is 45.4 Å². The maximum atomic E-state index is 4.72. The standard InChI is InChI=1S/C15H24N4/c1-2-17-14-10-16-11-15(18-14)19-9-5-8-13(19)12-6-3-4-7-12/h10-13H,2-9H2,1H3,(H,17,18). The minimum absolute atomic E-state index is 0.702. The van der Waals surface area contributed by atoms with Gasteiger partial charge in [-0.15, -0.1) is 0 Å². The summed E-state index contributed by atoms with van der Waals surface area (Å²) >= 11 is 0. The van der Waals surface area contributed by atoms with Crippen molar-refractivity contribution in [3.05, 3.63) is 12.4 Å². The monoisotopic (exact) mass is 260 g/mol. The molecule has 1 aromatic heterocycles. The molecule has 1 N–H and O–H groups in total. The lowest BCUT2D eigenvalue weighted by Gasteiger charge is -2.30. The van der Waals surface area contributed by atoms with E-state index in [0.717, 1.165) is 30.6 Å². The quantitative estimate of drug-likeness (QED) is 0.903. The molecule has 3 rings (SSSR count). The second-order valence-electron chi connectivity index (χ2n) is 5.74. The van der Waals surface area contributed by atoms with Crippen molar-refractivity contribution in [1.82, 2.24) is 9.97 Å². The fraction of sp³-hybridized carbons (Fsp3) is 0.733. The zero-order chi connectivity index (χ0) is 13.1. The number of rotatable bonds is 4. The van der Waals surface area contributed by atoms with Gasteiger partial charge in [-0.2, -0.15) is 0 Å². The van der Waals surface area contributed by atoms with Crippen molar-refractivity contribution in [2.75, 3.05) is 23.3 Å². The highest BCUT2D eigenvalue weighted by Crippen LogP contribution is 2.37. The molecule has 0 bridgehead atoms. The van der Waals surface area contributed by atoms with E-state index in [1.54, 1.807) is 0 Å². The minimum atomic E-state index is 0.702. The topological polar surface area (TPSA) is 41.1 Å². The van der Waals surface area contributed by atoms with E-state index in [2.05, 4.69) is 22.1 Å². The van der Waals surface area contributed by atoms with E-state index in [4.69, 9.17) is 4.98 Å². The highest BCUT2D eigenvalue weighted by molar-refractivity contribution is 5.45. The summed E-state index contributed by atoms with van der Waals surface area (Å²) in [4.78, 5) is 11.6. The van der Waals surface area contributed by atoms with E-state index in [0.29, 0.717) is 6.04 Å². The Kier molecular flexibility index (Phi) is 3.85. The summed E-state index contributed by atoms with van der Waals surface area (Å²) < 4.78 is 0. The molecule has 0 spiro atoms. The molecule has 1 saturated heterocycles. The molecule has 1 unspecified atom stereocenters. The van der Waals surface area contributed by atoms with Crippen LogP contribution in [0.2, 0.25) is 0 Å². The van der Waals surface area contributed by atoms with Crippen LogP contribution in [0, 0.1) is 5.92 Å². The Morgan fingerprint density at radius 1 is 1.21 bits per heavy atom. The maximum absolute atomic E-state index is 4.72. The van der Waals surface area contributed by atoms with Gasteiger partial charge in [0.05, 0.1) is 12.4 Å². The van der Waals surface area contributed by atoms with Gasteiger partial charge < -0.3 is 10.2 Å². The largest absolute Gasteiger partial charge is 0.369 e. The molecule has 0 radical (unpaired) electrons. The molecule has 104 valence electrons. The second-order valence-corrected chi connectivity index (χ2v) is 5.74. The van der Waals surface area contributed by atoms with Crippen LogP contribution >= 0.6 is 0 Å². The first kappa shape index (κ1) is 12.7. The molecule has 1 atom stereocenters. The predicted octanol–water partition coefficient (Wildman–Crippen LogP) is 3.07. The fourth-order valence-electron chi connectivity index (χ4n) is 3.67. The van der Waals surface area contributed by atoms with Gasteiger partial charge in [0, 0.05) is 19.1 Å². The third-order valence-electron chi connectivity index (χ3n) is 4.52. The van der Waals surface area contributed by atoms with Crippen LogP contribution in [0.5, 0.6) is 0 Å². The molecular formula is C15H24N4. The molecule has 0 amide bonds. The van der Waals surface area contributed by atoms with Gasteiger partial charge in [0.1, 0.15) is 11.6 Å². The molecule has 19 heavy (non-hydrogen) atoms. The maximum Gasteiger partial charge on any atom is 0.149 e. The summed E-state index contributed by atoms with van der Waals surface area (Å²) in [5.74, 6) is 2.84. The van der Waals surface area contributed by atoms with Crippen LogP contribution in [0.25, 0.3) is 0 Å². The van der Waals surface area contributed by atoms with Crippen molar-refractivity contribution in [1.29, 1.82) is 0 Å². The van der Waals surface area contributed by atoms with Gasteiger partial charge in [0.2, 0.25) is 0 Å². The summed E-state index contributed by atoms with van der Waals surface area (Å²) in [5.41, 5.74) is 0. The number of aromatic nitrogens is 2. The third kappa shape index (κ3) is 2.67. The van der Waals surface area contributed by atoms with Crippen LogP contribution in [0.4, 0.5) is 11.6 Å². The lowest BCUT2D eigenvalue weighted by Crippen LogP contribution is -2.35. The first-order chi connectivity index (χ1) is 9.38. The molecule has 4 nitrogen and oxygen atoms in total. The molecule has 4 heteroatoms. The highest BCUT2D eigenvalue weighted by atomic mass is 15.3. The van der Waals surface area contributed by atoms with Gasteiger partial charge in [0.25, 0.3) is 0 Å². The average molecular weight is 260 g/mol. The molecular weight excluding hydrogens is 236 g/mol. The van der Waals surface area contributed by atoms with Crippen LogP contribution < -0.4 is 10.2 Å². The van der Waals surface area contributed by atoms with Gasteiger partial charge in [-0.3, -0.25) is 4.98 Å².